The molecule has 0 aliphatic heterocycles. The molecular weight excluding hydrogens is 142 g/mol. The van der Waals surface area contributed by atoms with Crippen molar-refractivity contribution in [2.45, 2.75) is 19.9 Å². The highest BCUT2D eigenvalue weighted by atomic mass is 16.6. The van der Waals surface area contributed by atoms with Crippen LogP contribution in [-0.2, 0) is 17.8 Å². The van der Waals surface area contributed by atoms with Gasteiger partial charge in [-0.05, 0) is 6.42 Å². The maximum Gasteiger partial charge on any atom is 0.0572 e. The Labute approximate surface area is 65.9 Å². The predicted octanol–water partition coefficient (Wildman–Crippen LogP) is 0.623. The zero-order valence-electron chi connectivity index (χ0n) is 6.85. The molecule has 4 heteroatoms. The molecule has 4 nitrogen and oxygen atoms in total. The highest BCUT2D eigenvalue weighted by molar-refractivity contribution is 5.15. The molecule has 0 aliphatic carbocycles. The molecular formula is C7H13N3O. The van der Waals surface area contributed by atoms with E-state index >= 15 is 0 Å². The molecule has 11 heavy (non-hydrogen) atoms. The van der Waals surface area contributed by atoms with Crippen molar-refractivity contribution in [2.24, 2.45) is 0 Å². The van der Waals surface area contributed by atoms with Gasteiger partial charge in [0.1, 0.15) is 0 Å². The Bertz CT molecular complexity index is 209. The number of aromatic amines is 1. The Morgan fingerprint density at radius 3 is 3.18 bits per heavy atom. The van der Waals surface area contributed by atoms with Crippen molar-refractivity contribution < 1.29 is 4.84 Å². The second-order valence-electron chi connectivity index (χ2n) is 2.25. The van der Waals surface area contributed by atoms with Gasteiger partial charge in [0.15, 0.2) is 0 Å². The number of hydrogen-bond donors (Lipinski definition) is 2. The van der Waals surface area contributed by atoms with Crippen molar-refractivity contribution in [3.8, 4) is 0 Å². The first-order chi connectivity index (χ1) is 5.38. The van der Waals surface area contributed by atoms with Gasteiger partial charge in [0, 0.05) is 17.8 Å². The summed E-state index contributed by atoms with van der Waals surface area (Å²) in [6, 6.07) is 0. The van der Waals surface area contributed by atoms with Gasteiger partial charge < -0.3 is 4.84 Å². The van der Waals surface area contributed by atoms with Crippen LogP contribution < -0.4 is 5.48 Å². The Balaban J connectivity index is 2.54. The number of nitrogens with zero attached hydrogens (tertiary/aromatic N) is 1. The van der Waals surface area contributed by atoms with Crippen LogP contribution in [0.5, 0.6) is 0 Å². The molecule has 0 aromatic carbocycles. The molecule has 0 bridgehead atoms. The monoisotopic (exact) mass is 155 g/mol. The van der Waals surface area contributed by atoms with Crippen LogP contribution in [0, 0.1) is 0 Å². The van der Waals surface area contributed by atoms with Gasteiger partial charge in [-0.25, -0.2) is 0 Å². The summed E-state index contributed by atoms with van der Waals surface area (Å²) >= 11 is 0. The van der Waals surface area contributed by atoms with E-state index in [-0.39, 0.29) is 0 Å². The zero-order chi connectivity index (χ0) is 8.10. The molecule has 1 heterocycles. The van der Waals surface area contributed by atoms with Crippen LogP contribution in [0.1, 0.15) is 18.2 Å². The predicted molar refractivity (Wildman–Crippen MR) is 41.8 cm³/mol. The quantitative estimate of drug-likeness (QED) is 0.627. The number of hydrogen-bond acceptors (Lipinski definition) is 3. The van der Waals surface area contributed by atoms with Crippen molar-refractivity contribution >= 4 is 0 Å². The van der Waals surface area contributed by atoms with Crippen LogP contribution in [0.15, 0.2) is 6.20 Å². The third-order valence-electron chi connectivity index (χ3n) is 1.57. The average Bonchev–Trinajstić information content (AvgIpc) is 2.47. The van der Waals surface area contributed by atoms with E-state index in [0.717, 1.165) is 17.7 Å². The smallest absolute Gasteiger partial charge is 0.0572 e. The number of aryl methyl sites for hydroxylation is 1. The lowest BCUT2D eigenvalue weighted by Crippen LogP contribution is -2.11. The molecule has 0 spiro atoms. The van der Waals surface area contributed by atoms with E-state index in [1.807, 2.05) is 6.20 Å². The summed E-state index contributed by atoms with van der Waals surface area (Å²) in [5, 5.41) is 6.84. The molecule has 1 rings (SSSR count). The van der Waals surface area contributed by atoms with Gasteiger partial charge in [-0.2, -0.15) is 10.6 Å². The highest BCUT2D eigenvalue weighted by Crippen LogP contribution is 2.03. The van der Waals surface area contributed by atoms with Crippen LogP contribution in [0.25, 0.3) is 0 Å². The summed E-state index contributed by atoms with van der Waals surface area (Å²) in [7, 11) is 1.60. The van der Waals surface area contributed by atoms with Crippen LogP contribution in [0.2, 0.25) is 0 Å². The second kappa shape index (κ2) is 4.10. The van der Waals surface area contributed by atoms with Crippen molar-refractivity contribution in [3.63, 3.8) is 0 Å². The molecule has 0 unspecified atom stereocenters. The first-order valence-electron chi connectivity index (χ1n) is 3.65. The molecule has 1 aromatic rings. The topological polar surface area (TPSA) is 49.9 Å². The summed E-state index contributed by atoms with van der Waals surface area (Å²) in [6.07, 6.45) is 2.78. The van der Waals surface area contributed by atoms with Crippen LogP contribution in [0.4, 0.5) is 0 Å². The summed E-state index contributed by atoms with van der Waals surface area (Å²) < 4.78 is 0. The number of aromatic nitrogens is 2. The van der Waals surface area contributed by atoms with E-state index in [2.05, 4.69) is 22.6 Å². The molecule has 0 saturated heterocycles. The largest absolute Gasteiger partial charge is 0.305 e. The van der Waals surface area contributed by atoms with Crippen molar-refractivity contribution in [3.05, 3.63) is 17.5 Å². The van der Waals surface area contributed by atoms with E-state index < -0.39 is 0 Å². The lowest BCUT2D eigenvalue weighted by molar-refractivity contribution is 0.0865. The first-order valence-corrected chi connectivity index (χ1v) is 3.65. The molecule has 0 fully saturated rings. The van der Waals surface area contributed by atoms with Crippen LogP contribution in [-0.4, -0.2) is 17.3 Å². The van der Waals surface area contributed by atoms with Crippen molar-refractivity contribution in [1.82, 2.24) is 15.7 Å². The summed E-state index contributed by atoms with van der Waals surface area (Å²) in [6.45, 7) is 2.79. The van der Waals surface area contributed by atoms with E-state index in [1.54, 1.807) is 7.11 Å². The zero-order valence-corrected chi connectivity index (χ0v) is 6.85. The molecule has 2 N–H and O–H groups in total. The minimum absolute atomic E-state index is 0.705. The molecule has 62 valence electrons. The third-order valence-corrected chi connectivity index (χ3v) is 1.57. The molecule has 0 saturated carbocycles. The fraction of sp³-hybridized carbons (Fsp3) is 0.571. The molecule has 0 radical (unpaired) electrons. The van der Waals surface area contributed by atoms with Gasteiger partial charge in [0.2, 0.25) is 0 Å². The second-order valence-corrected chi connectivity index (χ2v) is 2.25. The van der Waals surface area contributed by atoms with Gasteiger partial charge in [0.05, 0.1) is 13.3 Å². The van der Waals surface area contributed by atoms with Crippen molar-refractivity contribution in [1.29, 1.82) is 0 Å². The number of nitrogens with one attached hydrogen (secondary N) is 2. The Kier molecular flexibility index (Phi) is 3.07. The number of H-pyrrole nitrogens is 1. The van der Waals surface area contributed by atoms with Gasteiger partial charge in [0.25, 0.3) is 0 Å². The average molecular weight is 155 g/mol. The Morgan fingerprint density at radius 1 is 1.73 bits per heavy atom. The van der Waals surface area contributed by atoms with Crippen LogP contribution >= 0.6 is 0 Å². The maximum atomic E-state index is 4.72. The van der Waals surface area contributed by atoms with Gasteiger partial charge in [-0.15, -0.1) is 0 Å². The third kappa shape index (κ3) is 2.03. The molecule has 0 atom stereocenters. The molecule has 0 amide bonds. The SMILES string of the molecule is CCc1[nH]ncc1CNOC. The first kappa shape index (κ1) is 8.23. The van der Waals surface area contributed by atoms with Gasteiger partial charge in [-0.3, -0.25) is 5.10 Å². The van der Waals surface area contributed by atoms with Crippen LogP contribution in [0.3, 0.4) is 0 Å². The standard InChI is InChI=1S/C7H13N3O/c1-3-7-6(4-8-10-7)5-9-11-2/h4,9H,3,5H2,1-2H3,(H,8,10). The lowest BCUT2D eigenvalue weighted by atomic mass is 10.2. The highest BCUT2D eigenvalue weighted by Gasteiger charge is 2.00. The Morgan fingerprint density at radius 2 is 2.55 bits per heavy atom. The number of rotatable bonds is 4. The fourth-order valence-corrected chi connectivity index (χ4v) is 0.946. The summed E-state index contributed by atoms with van der Waals surface area (Å²) in [5.74, 6) is 0. The minimum atomic E-state index is 0.705. The number of hydroxylamine groups is 1. The Hall–Kier alpha value is -0.870. The molecule has 1 aromatic heterocycles. The summed E-state index contributed by atoms with van der Waals surface area (Å²) in [4.78, 5) is 4.72. The van der Waals surface area contributed by atoms with E-state index in [4.69, 9.17) is 4.84 Å². The minimum Gasteiger partial charge on any atom is -0.305 e. The van der Waals surface area contributed by atoms with Gasteiger partial charge >= 0.3 is 0 Å². The van der Waals surface area contributed by atoms with Gasteiger partial charge in [-0.1, -0.05) is 6.92 Å². The summed E-state index contributed by atoms with van der Waals surface area (Å²) in [5.41, 5.74) is 5.09. The fourth-order valence-electron chi connectivity index (χ4n) is 0.946. The van der Waals surface area contributed by atoms with E-state index in [0.29, 0.717) is 6.54 Å². The van der Waals surface area contributed by atoms with Crippen molar-refractivity contribution in [2.75, 3.05) is 7.11 Å². The maximum absolute atomic E-state index is 4.72. The molecule has 0 aliphatic rings. The van der Waals surface area contributed by atoms with E-state index in [9.17, 15) is 0 Å². The lowest BCUT2D eigenvalue weighted by Gasteiger charge is -1.99. The van der Waals surface area contributed by atoms with E-state index in [1.165, 1.54) is 0 Å². The normalized spacial score (nSPS) is 10.4.